The zero-order chi connectivity index (χ0) is 13.5. The number of hydrogen-bond acceptors (Lipinski definition) is 1. The lowest BCUT2D eigenvalue weighted by Gasteiger charge is -2.09. The molecule has 0 rings (SSSR count). The average Bonchev–Trinajstić information content (AvgIpc) is 2.36. The summed E-state index contributed by atoms with van der Waals surface area (Å²) in [5, 5.41) is 0. The van der Waals surface area contributed by atoms with Crippen LogP contribution in [0.4, 0.5) is 0 Å². The Morgan fingerprint density at radius 1 is 0.684 bits per heavy atom. The van der Waals surface area contributed by atoms with Gasteiger partial charge in [-0.25, -0.2) is 0 Å². The van der Waals surface area contributed by atoms with Gasteiger partial charge in [-0.1, -0.05) is 90.9 Å². The predicted octanol–water partition coefficient (Wildman–Crippen LogP) is 6.09. The second-order valence-corrected chi connectivity index (χ2v) is 6.01. The van der Waals surface area contributed by atoms with Crippen molar-refractivity contribution in [3.05, 3.63) is 0 Å². The van der Waals surface area contributed by atoms with E-state index in [9.17, 15) is 0 Å². The van der Waals surface area contributed by atoms with Gasteiger partial charge in [-0.2, -0.15) is 0 Å². The minimum Gasteiger partial charge on any atom is -0.330 e. The van der Waals surface area contributed by atoms with Crippen molar-refractivity contribution in [2.75, 3.05) is 6.54 Å². The second-order valence-electron chi connectivity index (χ2n) is 6.01. The van der Waals surface area contributed by atoms with Gasteiger partial charge in [0.05, 0.1) is 0 Å². The standard InChI is InChI=1S/C17H37N.ClH/c1-3-4-5-6-7-8-9-10-11-12-13-14-17(2)15-16-18;/h17H,3-16,18H2,1-2H3;1H. The van der Waals surface area contributed by atoms with E-state index in [1.54, 1.807) is 0 Å². The molecule has 0 heterocycles. The van der Waals surface area contributed by atoms with E-state index >= 15 is 0 Å². The summed E-state index contributed by atoms with van der Waals surface area (Å²) in [5.41, 5.74) is 5.56. The quantitative estimate of drug-likeness (QED) is 0.385. The molecule has 118 valence electrons. The lowest BCUT2D eigenvalue weighted by Crippen LogP contribution is -2.05. The van der Waals surface area contributed by atoms with Gasteiger partial charge in [-0.3, -0.25) is 0 Å². The summed E-state index contributed by atoms with van der Waals surface area (Å²) in [4.78, 5) is 0. The van der Waals surface area contributed by atoms with Crippen LogP contribution in [-0.2, 0) is 0 Å². The molecule has 0 bridgehead atoms. The minimum atomic E-state index is 0. The summed E-state index contributed by atoms with van der Waals surface area (Å²) in [5.74, 6) is 0.841. The molecule has 19 heavy (non-hydrogen) atoms. The van der Waals surface area contributed by atoms with Crippen LogP contribution < -0.4 is 5.73 Å². The molecule has 0 aromatic heterocycles. The highest BCUT2D eigenvalue weighted by Crippen LogP contribution is 2.15. The summed E-state index contributed by atoms with van der Waals surface area (Å²) >= 11 is 0. The third kappa shape index (κ3) is 18.2. The molecule has 1 nitrogen and oxygen atoms in total. The van der Waals surface area contributed by atoms with Crippen molar-refractivity contribution in [3.63, 3.8) is 0 Å². The van der Waals surface area contributed by atoms with Crippen LogP contribution in [0.5, 0.6) is 0 Å². The van der Waals surface area contributed by atoms with Gasteiger partial charge in [0.2, 0.25) is 0 Å². The number of hydrogen-bond donors (Lipinski definition) is 1. The molecule has 0 aliphatic rings. The Morgan fingerprint density at radius 3 is 1.53 bits per heavy atom. The molecule has 0 fully saturated rings. The fourth-order valence-electron chi connectivity index (χ4n) is 2.59. The highest BCUT2D eigenvalue weighted by molar-refractivity contribution is 5.85. The molecule has 1 atom stereocenters. The lowest BCUT2D eigenvalue weighted by molar-refractivity contribution is 0.459. The topological polar surface area (TPSA) is 26.0 Å². The van der Waals surface area contributed by atoms with Crippen LogP contribution in [0.2, 0.25) is 0 Å². The van der Waals surface area contributed by atoms with Gasteiger partial charge in [0.15, 0.2) is 0 Å². The Hall–Kier alpha value is 0.250. The Balaban J connectivity index is 0. The largest absolute Gasteiger partial charge is 0.330 e. The van der Waals surface area contributed by atoms with Gasteiger partial charge in [-0.05, 0) is 18.9 Å². The maximum Gasteiger partial charge on any atom is -0.00747 e. The van der Waals surface area contributed by atoms with Crippen molar-refractivity contribution in [3.8, 4) is 0 Å². The van der Waals surface area contributed by atoms with Gasteiger partial charge in [-0.15, -0.1) is 12.4 Å². The molecule has 0 amide bonds. The number of rotatable bonds is 14. The van der Waals surface area contributed by atoms with E-state index in [0.29, 0.717) is 0 Å². The fourth-order valence-corrected chi connectivity index (χ4v) is 2.59. The highest BCUT2D eigenvalue weighted by Gasteiger charge is 2.00. The first-order valence-electron chi connectivity index (χ1n) is 8.51. The van der Waals surface area contributed by atoms with E-state index < -0.39 is 0 Å². The molecular formula is C17H38ClN. The van der Waals surface area contributed by atoms with E-state index in [4.69, 9.17) is 5.73 Å². The smallest absolute Gasteiger partial charge is 0.00747 e. The van der Waals surface area contributed by atoms with Crippen molar-refractivity contribution >= 4 is 12.4 Å². The third-order valence-electron chi connectivity index (χ3n) is 3.96. The Labute approximate surface area is 128 Å². The Morgan fingerprint density at radius 2 is 1.11 bits per heavy atom. The van der Waals surface area contributed by atoms with Crippen molar-refractivity contribution in [1.29, 1.82) is 0 Å². The molecule has 0 aliphatic carbocycles. The first-order valence-corrected chi connectivity index (χ1v) is 8.51. The van der Waals surface area contributed by atoms with Crippen molar-refractivity contribution in [2.45, 2.75) is 97.3 Å². The molecule has 0 aliphatic heterocycles. The summed E-state index contributed by atoms with van der Waals surface area (Å²) in [6.45, 7) is 5.48. The SMILES string of the molecule is CCCCCCCCCCCCCC(C)CCN.Cl. The van der Waals surface area contributed by atoms with Crippen LogP contribution in [0.1, 0.15) is 97.3 Å². The number of halogens is 1. The Kier molecular flexibility index (Phi) is 20.7. The minimum absolute atomic E-state index is 0. The molecule has 2 heteroatoms. The summed E-state index contributed by atoms with van der Waals surface area (Å²) in [7, 11) is 0. The van der Waals surface area contributed by atoms with Gasteiger partial charge >= 0.3 is 0 Å². The molecule has 0 saturated heterocycles. The van der Waals surface area contributed by atoms with Crippen molar-refractivity contribution in [2.24, 2.45) is 11.7 Å². The molecule has 0 aromatic carbocycles. The zero-order valence-electron chi connectivity index (χ0n) is 13.5. The molecule has 0 spiro atoms. The maximum atomic E-state index is 5.56. The van der Waals surface area contributed by atoms with Crippen LogP contribution in [0.15, 0.2) is 0 Å². The van der Waals surface area contributed by atoms with E-state index in [2.05, 4.69) is 13.8 Å². The Bertz CT molecular complexity index is 150. The first-order chi connectivity index (χ1) is 8.81. The third-order valence-corrected chi connectivity index (χ3v) is 3.96. The molecule has 1 unspecified atom stereocenters. The maximum absolute atomic E-state index is 5.56. The lowest BCUT2D eigenvalue weighted by atomic mass is 9.99. The molecule has 2 N–H and O–H groups in total. The van der Waals surface area contributed by atoms with Crippen molar-refractivity contribution in [1.82, 2.24) is 0 Å². The van der Waals surface area contributed by atoms with Crippen LogP contribution in [0.3, 0.4) is 0 Å². The van der Waals surface area contributed by atoms with Gasteiger partial charge in [0.1, 0.15) is 0 Å². The fraction of sp³-hybridized carbons (Fsp3) is 1.00. The van der Waals surface area contributed by atoms with Gasteiger partial charge in [0, 0.05) is 0 Å². The first kappa shape index (κ1) is 21.5. The average molecular weight is 292 g/mol. The predicted molar refractivity (Wildman–Crippen MR) is 91.2 cm³/mol. The van der Waals surface area contributed by atoms with Crippen LogP contribution in [0.25, 0.3) is 0 Å². The second kappa shape index (κ2) is 18.2. The summed E-state index contributed by atoms with van der Waals surface area (Å²) < 4.78 is 0. The van der Waals surface area contributed by atoms with E-state index in [-0.39, 0.29) is 12.4 Å². The van der Waals surface area contributed by atoms with Crippen LogP contribution in [0, 0.1) is 5.92 Å². The molecule has 0 saturated carbocycles. The highest BCUT2D eigenvalue weighted by atomic mass is 35.5. The van der Waals surface area contributed by atoms with E-state index in [0.717, 1.165) is 12.5 Å². The van der Waals surface area contributed by atoms with Crippen LogP contribution >= 0.6 is 12.4 Å². The van der Waals surface area contributed by atoms with Gasteiger partial charge < -0.3 is 5.73 Å². The zero-order valence-corrected chi connectivity index (χ0v) is 14.3. The van der Waals surface area contributed by atoms with Crippen molar-refractivity contribution < 1.29 is 0 Å². The molecular weight excluding hydrogens is 254 g/mol. The number of nitrogens with two attached hydrogens (primary N) is 1. The monoisotopic (exact) mass is 291 g/mol. The summed E-state index contributed by atoms with van der Waals surface area (Å²) in [6, 6.07) is 0. The molecule has 0 aromatic rings. The van der Waals surface area contributed by atoms with E-state index in [1.165, 1.54) is 83.5 Å². The van der Waals surface area contributed by atoms with Crippen LogP contribution in [-0.4, -0.2) is 6.54 Å². The normalized spacial score (nSPS) is 12.2. The summed E-state index contributed by atoms with van der Waals surface area (Å²) in [6.07, 6.45) is 18.5. The molecule has 0 radical (unpaired) electrons. The van der Waals surface area contributed by atoms with E-state index in [1.807, 2.05) is 0 Å². The van der Waals surface area contributed by atoms with Gasteiger partial charge in [0.25, 0.3) is 0 Å². The number of unbranched alkanes of at least 4 members (excludes halogenated alkanes) is 10.